The van der Waals surface area contributed by atoms with Gasteiger partial charge in [0.25, 0.3) is 0 Å². The summed E-state index contributed by atoms with van der Waals surface area (Å²) < 4.78 is 0. The SMILES string of the molecule is OC1CCC2C(CCC3CCCCC32)[N-]1.[W]#[W+]. The van der Waals surface area contributed by atoms with Gasteiger partial charge in [0.05, 0.1) is 0 Å². The number of piperidine rings is 1. The fourth-order valence-corrected chi connectivity index (χ4v) is 4.27. The third kappa shape index (κ3) is 3.44. The van der Waals surface area contributed by atoms with Gasteiger partial charge >= 0.3 is 31.9 Å². The van der Waals surface area contributed by atoms with Gasteiger partial charge in [-0.3, -0.25) is 0 Å². The van der Waals surface area contributed by atoms with Crippen molar-refractivity contribution in [3.63, 3.8) is 0 Å². The van der Waals surface area contributed by atoms with Crippen molar-refractivity contribution in [3.05, 3.63) is 5.32 Å². The molecule has 5 atom stereocenters. The molecule has 3 aliphatic rings. The number of nitrogens with zero attached hydrogens (tertiary/aromatic N) is 1. The fraction of sp³-hybridized carbons (Fsp3) is 1.00. The van der Waals surface area contributed by atoms with Crippen molar-refractivity contribution >= 4 is 0 Å². The minimum atomic E-state index is -0.341. The summed E-state index contributed by atoms with van der Waals surface area (Å²) in [6, 6.07) is 0.507. The van der Waals surface area contributed by atoms with Crippen LogP contribution in [0.1, 0.15) is 51.4 Å². The zero-order chi connectivity index (χ0) is 12.3. The summed E-state index contributed by atoms with van der Waals surface area (Å²) in [6.07, 6.45) is 10.2. The summed E-state index contributed by atoms with van der Waals surface area (Å²) in [6.45, 7) is 0. The van der Waals surface area contributed by atoms with Gasteiger partial charge in [0.15, 0.2) is 0 Å². The Labute approximate surface area is 123 Å². The van der Waals surface area contributed by atoms with Gasteiger partial charge in [-0.05, 0) is 30.9 Å². The average molecular weight is 576 g/mol. The third-order valence-electron chi connectivity index (χ3n) is 4.97. The molecule has 3 fully saturated rings. The van der Waals surface area contributed by atoms with Gasteiger partial charge in [-0.25, -0.2) is 0 Å². The molecule has 0 amide bonds. The van der Waals surface area contributed by atoms with Gasteiger partial charge < -0.3 is 10.4 Å². The Morgan fingerprint density at radius 1 is 0.882 bits per heavy atom. The molecule has 0 radical (unpaired) electrons. The second-order valence-corrected chi connectivity index (χ2v) is 5.72. The molecular formula is C13H22NOW2. The Morgan fingerprint density at radius 3 is 2.47 bits per heavy atom. The van der Waals surface area contributed by atoms with E-state index in [0.29, 0.717) is 6.04 Å². The molecule has 1 heterocycles. The van der Waals surface area contributed by atoms with E-state index in [-0.39, 0.29) is 6.23 Å². The molecule has 97 valence electrons. The van der Waals surface area contributed by atoms with Crippen molar-refractivity contribution in [3.8, 4) is 0 Å². The Bertz CT molecular complexity index is 271. The molecule has 2 saturated carbocycles. The summed E-state index contributed by atoms with van der Waals surface area (Å²) in [7, 11) is 0. The summed E-state index contributed by atoms with van der Waals surface area (Å²) in [4.78, 5) is 0. The quantitative estimate of drug-likeness (QED) is 0.474. The van der Waals surface area contributed by atoms with Gasteiger partial charge in [0.2, 0.25) is 0 Å². The monoisotopic (exact) mass is 576 g/mol. The Morgan fingerprint density at radius 2 is 1.65 bits per heavy atom. The van der Waals surface area contributed by atoms with Crippen LogP contribution in [0.5, 0.6) is 0 Å². The van der Waals surface area contributed by atoms with Gasteiger partial charge in [-0.2, -0.15) is 0 Å². The first-order valence-electron chi connectivity index (χ1n) is 6.89. The maximum atomic E-state index is 9.58. The summed E-state index contributed by atoms with van der Waals surface area (Å²) in [5.74, 6) is 2.78. The van der Waals surface area contributed by atoms with Crippen LogP contribution < -0.4 is 0 Å². The normalized spacial score (nSPS) is 44.8. The Hall–Kier alpha value is 1.30. The van der Waals surface area contributed by atoms with Crippen LogP contribution in [0, 0.1) is 17.8 Å². The van der Waals surface area contributed by atoms with E-state index in [1.54, 1.807) is 31.9 Å². The molecule has 0 aromatic rings. The van der Waals surface area contributed by atoms with Crippen LogP contribution in [-0.4, -0.2) is 17.4 Å². The number of hydrogen-bond donors (Lipinski definition) is 1. The molecular weight excluding hydrogens is 554 g/mol. The molecule has 0 aromatic heterocycles. The minimum absolute atomic E-state index is 0.341. The van der Waals surface area contributed by atoms with E-state index in [2.05, 4.69) is 5.32 Å². The van der Waals surface area contributed by atoms with Crippen molar-refractivity contribution in [2.45, 2.75) is 63.6 Å². The van der Waals surface area contributed by atoms with Gasteiger partial charge in [-0.1, -0.05) is 44.4 Å². The molecule has 1 aliphatic heterocycles. The first-order valence-corrected chi connectivity index (χ1v) is 17.9. The molecule has 1 saturated heterocycles. The van der Waals surface area contributed by atoms with Gasteiger partial charge in [0, 0.05) is 0 Å². The van der Waals surface area contributed by atoms with Crippen LogP contribution in [-0.2, 0) is 31.9 Å². The van der Waals surface area contributed by atoms with E-state index in [9.17, 15) is 5.11 Å². The van der Waals surface area contributed by atoms with Gasteiger partial charge in [-0.15, -0.1) is 6.04 Å². The van der Waals surface area contributed by atoms with Crippen LogP contribution >= 0.6 is 0 Å². The summed E-state index contributed by atoms with van der Waals surface area (Å²) in [5, 5.41) is 14.1. The maximum absolute atomic E-state index is 9.58. The molecule has 2 aliphatic carbocycles. The van der Waals surface area contributed by atoms with Crippen LogP contribution in [0.3, 0.4) is 0 Å². The number of aliphatic hydroxyl groups is 1. The van der Waals surface area contributed by atoms with E-state index in [1.807, 2.05) is 0 Å². The predicted octanol–water partition coefficient (Wildman–Crippen LogP) is 3.05. The number of hydrogen-bond acceptors (Lipinski definition) is 1. The Kier molecular flexibility index (Phi) is 6.21. The van der Waals surface area contributed by atoms with Crippen LogP contribution in [0.25, 0.3) is 5.32 Å². The van der Waals surface area contributed by atoms with E-state index in [4.69, 9.17) is 0 Å². The molecule has 17 heavy (non-hydrogen) atoms. The van der Waals surface area contributed by atoms with E-state index < -0.39 is 0 Å². The molecule has 0 aromatic carbocycles. The molecule has 2 nitrogen and oxygen atoms in total. The van der Waals surface area contributed by atoms with E-state index >= 15 is 0 Å². The van der Waals surface area contributed by atoms with Crippen LogP contribution in [0.15, 0.2) is 0 Å². The molecule has 3 rings (SSSR count). The number of rotatable bonds is 0. The second-order valence-electron chi connectivity index (χ2n) is 5.72. The van der Waals surface area contributed by atoms with Crippen LogP contribution in [0.4, 0.5) is 0 Å². The second kappa shape index (κ2) is 7.18. The standard InChI is InChI=1S/C13H22NO.2W/c15-13-8-6-11-10-4-2-1-3-9(10)5-7-12(11)14-13;;/h9-13,15H,1-8H2;;/q-1;;+1. The molecule has 1 N–H and O–H groups in total. The van der Waals surface area contributed by atoms with Crippen molar-refractivity contribution in [1.29, 1.82) is 0 Å². The zero-order valence-corrected chi connectivity index (χ0v) is 16.1. The first kappa shape index (κ1) is 14.7. The predicted molar refractivity (Wildman–Crippen MR) is 60.6 cm³/mol. The Balaban J connectivity index is 0.000000514. The van der Waals surface area contributed by atoms with E-state index in [1.165, 1.54) is 44.9 Å². The topological polar surface area (TPSA) is 34.3 Å². The first-order chi connectivity index (χ1) is 8.34. The average Bonchev–Trinajstić information content (AvgIpc) is 2.40. The number of fused-ring (bicyclic) bond motifs is 3. The molecule has 5 unspecified atom stereocenters. The van der Waals surface area contributed by atoms with E-state index in [0.717, 1.165) is 24.2 Å². The summed E-state index contributed by atoms with van der Waals surface area (Å²) >= 11 is 3.33. The van der Waals surface area contributed by atoms with Crippen molar-refractivity contribution < 1.29 is 37.0 Å². The number of aliphatic hydroxyl groups excluding tert-OH is 1. The molecule has 4 heteroatoms. The summed E-state index contributed by atoms with van der Waals surface area (Å²) in [5.41, 5.74) is 0. The third-order valence-corrected chi connectivity index (χ3v) is 4.97. The van der Waals surface area contributed by atoms with Crippen molar-refractivity contribution in [1.82, 2.24) is 0 Å². The molecule has 0 spiro atoms. The fourth-order valence-electron chi connectivity index (χ4n) is 4.27. The van der Waals surface area contributed by atoms with Gasteiger partial charge in [0.1, 0.15) is 0 Å². The zero-order valence-electron chi connectivity index (χ0n) is 10.3. The van der Waals surface area contributed by atoms with Crippen molar-refractivity contribution in [2.24, 2.45) is 17.8 Å². The van der Waals surface area contributed by atoms with Crippen molar-refractivity contribution in [2.75, 3.05) is 0 Å². The van der Waals surface area contributed by atoms with Crippen LogP contribution in [0.2, 0.25) is 0 Å². The molecule has 0 bridgehead atoms.